The Hall–Kier alpha value is -2.73. The van der Waals surface area contributed by atoms with Crippen LogP contribution >= 0.6 is 7.60 Å². The number of imidazole rings is 1. The molecule has 0 spiro atoms. The molecule has 0 aliphatic heterocycles. The molecule has 0 amide bonds. The maximum Gasteiger partial charge on any atom is 0.361 e. The Kier molecular flexibility index (Phi) is 16.0. The molecule has 0 aromatic carbocycles. The van der Waals surface area contributed by atoms with Crippen molar-refractivity contribution in [2.24, 2.45) is 17.8 Å². The third kappa shape index (κ3) is 12.7. The molecule has 4 N–H and O–H groups in total. The number of pyridine rings is 1. The van der Waals surface area contributed by atoms with Crippen molar-refractivity contribution < 1.29 is 32.4 Å². The topological polar surface area (TPSA) is 144 Å². The van der Waals surface area contributed by atoms with Crippen LogP contribution in [0.25, 0.3) is 17.0 Å². The zero-order chi connectivity index (χ0) is 36.9. The Bertz CT molecular complexity index is 1520. The van der Waals surface area contributed by atoms with Crippen LogP contribution in [0.4, 0.5) is 20.4 Å². The second kappa shape index (κ2) is 19.9. The molecule has 1 aliphatic rings. The number of aromatic nitrogens is 5. The first-order chi connectivity index (χ1) is 24.4. The summed E-state index contributed by atoms with van der Waals surface area (Å²) >= 11 is 0. The average molecular weight is 737 g/mol. The van der Waals surface area contributed by atoms with Crippen LogP contribution in [0.2, 0.25) is 0 Å². The highest BCUT2D eigenvalue weighted by Crippen LogP contribution is 2.62. The maximum absolute atomic E-state index is 15.4. The van der Waals surface area contributed by atoms with E-state index in [9.17, 15) is 14.4 Å². The van der Waals surface area contributed by atoms with Crippen LogP contribution in [0, 0.1) is 17.8 Å². The predicted octanol–water partition coefficient (Wildman–Crippen LogP) is 7.70. The van der Waals surface area contributed by atoms with Crippen molar-refractivity contribution in [2.45, 2.75) is 122 Å². The molecule has 14 heteroatoms. The van der Waals surface area contributed by atoms with Crippen LogP contribution in [0.5, 0.6) is 0 Å². The van der Waals surface area contributed by atoms with Crippen molar-refractivity contribution in [1.29, 1.82) is 0 Å². The second-order valence-electron chi connectivity index (χ2n) is 14.6. The fourth-order valence-corrected chi connectivity index (χ4v) is 8.28. The lowest BCUT2D eigenvalue weighted by Gasteiger charge is -2.17. The van der Waals surface area contributed by atoms with Crippen LogP contribution in [0.3, 0.4) is 0 Å². The fourth-order valence-electron chi connectivity index (χ4n) is 7.26. The highest BCUT2D eigenvalue weighted by molar-refractivity contribution is 7.51. The molecule has 1 aliphatic carbocycles. The summed E-state index contributed by atoms with van der Waals surface area (Å²) in [6, 6.07) is 3.81. The molecule has 0 radical (unpaired) electrons. The van der Waals surface area contributed by atoms with Gasteiger partial charge in [0, 0.05) is 68.5 Å². The zero-order valence-corrected chi connectivity index (χ0v) is 31.8. The van der Waals surface area contributed by atoms with E-state index < -0.39 is 37.4 Å². The Morgan fingerprint density at radius 1 is 0.941 bits per heavy atom. The van der Waals surface area contributed by atoms with Gasteiger partial charge < -0.3 is 29.7 Å². The highest BCUT2D eigenvalue weighted by atomic mass is 31.2. The van der Waals surface area contributed by atoms with Gasteiger partial charge >= 0.3 is 19.4 Å². The molecule has 3 heterocycles. The van der Waals surface area contributed by atoms with Gasteiger partial charge in [0.05, 0.1) is 24.9 Å². The number of unbranched alkanes of at least 4 members (excludes halogenated alkanes) is 13. The minimum Gasteiger partial charge on any atom is -0.381 e. The Morgan fingerprint density at radius 3 is 2.08 bits per heavy atom. The van der Waals surface area contributed by atoms with Gasteiger partial charge in [-0.3, -0.25) is 4.57 Å². The van der Waals surface area contributed by atoms with E-state index in [4.69, 9.17) is 10.5 Å². The summed E-state index contributed by atoms with van der Waals surface area (Å²) in [6.07, 6.45) is 23.2. The number of halogens is 2. The monoisotopic (exact) mass is 736 g/mol. The predicted molar refractivity (Wildman–Crippen MR) is 198 cm³/mol. The van der Waals surface area contributed by atoms with Gasteiger partial charge in [-0.2, -0.15) is 4.98 Å². The van der Waals surface area contributed by atoms with Gasteiger partial charge in [0.15, 0.2) is 5.65 Å². The summed E-state index contributed by atoms with van der Waals surface area (Å²) in [6.45, 7) is 3.14. The van der Waals surface area contributed by atoms with Crippen LogP contribution < -0.4 is 15.2 Å². The first kappa shape index (κ1) is 41.0. The summed E-state index contributed by atoms with van der Waals surface area (Å²) in [5.74, 6) is -5.80. The minimum atomic E-state index is -4.52. The number of hydrogen-bond donors (Lipinski definition) is 3. The third-order valence-electron chi connectivity index (χ3n) is 10.2. The third-order valence-corrected chi connectivity index (χ3v) is 11.1. The average Bonchev–Trinajstić information content (AvgIpc) is 3.38. The van der Waals surface area contributed by atoms with Gasteiger partial charge in [0.1, 0.15) is 0 Å². The van der Waals surface area contributed by atoms with Crippen molar-refractivity contribution in [3.05, 3.63) is 30.9 Å². The standard InChI is InChI=1S/C37H60F2N7O4P/c1-4-5-6-7-8-9-10-11-12-13-14-15-16-17-24-50-25-18-19-29(27-51(47,48)49)32-31(37(32,38)39)26-46-28-41-33-34(42-36(40)43-35(33)46)45-22-20-30(21-23-45)44(2)3/h20-23,28-29,31-32H,4-19,24-27H2,1-3H3,(H3-,40,42,43,47,48,49)/p+1/t29?,31-,32-/m1/s1. The van der Waals surface area contributed by atoms with E-state index in [0.717, 1.165) is 18.5 Å². The normalized spacial score (nSPS) is 17.6. The number of anilines is 2. The maximum atomic E-state index is 15.4. The molecule has 3 atom stereocenters. The number of rotatable bonds is 26. The molecule has 3 aromatic rings. The lowest BCUT2D eigenvalue weighted by molar-refractivity contribution is -0.598. The van der Waals surface area contributed by atoms with Crippen molar-refractivity contribution in [3.8, 4) is 5.82 Å². The van der Waals surface area contributed by atoms with E-state index in [0.29, 0.717) is 36.6 Å². The van der Waals surface area contributed by atoms with Crippen molar-refractivity contribution in [2.75, 3.05) is 44.1 Å². The van der Waals surface area contributed by atoms with Crippen LogP contribution in [0.15, 0.2) is 30.9 Å². The summed E-state index contributed by atoms with van der Waals surface area (Å²) in [5, 5.41) is 0. The molecule has 1 saturated carbocycles. The molecule has 0 bridgehead atoms. The number of nitrogen functional groups attached to an aromatic ring is 1. The number of nitrogens with zero attached hydrogens (tertiary/aromatic N) is 6. The fraction of sp³-hybridized carbons (Fsp3) is 0.730. The van der Waals surface area contributed by atoms with Gasteiger partial charge in [-0.05, 0) is 25.2 Å². The molecule has 0 saturated heterocycles. The van der Waals surface area contributed by atoms with Crippen molar-refractivity contribution in [3.63, 3.8) is 0 Å². The van der Waals surface area contributed by atoms with E-state index in [1.165, 1.54) is 83.4 Å². The molecule has 1 fully saturated rings. The SMILES string of the molecule is CCCCCCCCCCCCCCCCOCCCC(CP(=O)(O)O)[C@@H]1[C@@H](Cn2cnc3c(-[n+]4ccc(N(C)C)cc4)nc(N)nc32)C1(F)F. The number of ether oxygens (including phenoxy) is 1. The van der Waals surface area contributed by atoms with E-state index in [1.807, 2.05) is 43.5 Å². The Labute approximate surface area is 302 Å². The first-order valence-corrected chi connectivity index (χ1v) is 20.9. The number of nitrogens with two attached hydrogens (primary N) is 1. The van der Waals surface area contributed by atoms with Gasteiger partial charge in [0.2, 0.25) is 5.52 Å². The minimum absolute atomic E-state index is 0.0176. The highest BCUT2D eigenvalue weighted by Gasteiger charge is 2.70. The quantitative estimate of drug-likeness (QED) is 0.0429. The lowest BCUT2D eigenvalue weighted by Crippen LogP contribution is -2.32. The molecular formula is C37H61F2N7O4P+. The number of hydrogen-bond acceptors (Lipinski definition) is 7. The van der Waals surface area contributed by atoms with Crippen LogP contribution in [-0.2, 0) is 15.8 Å². The van der Waals surface area contributed by atoms with Crippen LogP contribution in [-0.4, -0.2) is 68.7 Å². The lowest BCUT2D eigenvalue weighted by atomic mass is 9.98. The van der Waals surface area contributed by atoms with Crippen molar-refractivity contribution >= 4 is 30.4 Å². The Morgan fingerprint density at radius 2 is 1.51 bits per heavy atom. The van der Waals surface area contributed by atoms with Crippen LogP contribution in [0.1, 0.15) is 110 Å². The first-order valence-electron chi connectivity index (χ1n) is 19.1. The van der Waals surface area contributed by atoms with E-state index in [-0.39, 0.29) is 18.9 Å². The summed E-state index contributed by atoms with van der Waals surface area (Å²) in [7, 11) is -0.648. The number of fused-ring (bicyclic) bond motifs is 1. The Balaban J connectivity index is 1.20. The molecule has 11 nitrogen and oxygen atoms in total. The van der Waals surface area contributed by atoms with Gasteiger partial charge in [0.25, 0.3) is 5.92 Å². The number of alkyl halides is 2. The van der Waals surface area contributed by atoms with E-state index >= 15 is 8.78 Å². The molecule has 286 valence electrons. The molecule has 3 aromatic heterocycles. The molecule has 4 rings (SSSR count). The zero-order valence-electron chi connectivity index (χ0n) is 30.9. The van der Waals surface area contributed by atoms with E-state index in [2.05, 4.69) is 21.9 Å². The van der Waals surface area contributed by atoms with Gasteiger partial charge in [-0.1, -0.05) is 90.4 Å². The van der Waals surface area contributed by atoms with Gasteiger partial charge in [-0.25, -0.2) is 18.3 Å². The molecule has 51 heavy (non-hydrogen) atoms. The summed E-state index contributed by atoms with van der Waals surface area (Å²) in [5.41, 5.74) is 7.76. The molecular weight excluding hydrogens is 675 g/mol. The van der Waals surface area contributed by atoms with Crippen molar-refractivity contribution in [1.82, 2.24) is 19.5 Å². The largest absolute Gasteiger partial charge is 0.381 e. The summed E-state index contributed by atoms with van der Waals surface area (Å²) < 4.78 is 51.8. The van der Waals surface area contributed by atoms with Gasteiger partial charge in [-0.15, -0.1) is 0 Å². The summed E-state index contributed by atoms with van der Waals surface area (Å²) in [4.78, 5) is 34.6. The smallest absolute Gasteiger partial charge is 0.361 e. The molecule has 1 unspecified atom stereocenters. The van der Waals surface area contributed by atoms with E-state index in [1.54, 1.807) is 9.13 Å². The second-order valence-corrected chi connectivity index (χ2v) is 16.3.